The van der Waals surface area contributed by atoms with E-state index in [4.69, 9.17) is 9.47 Å². The van der Waals surface area contributed by atoms with Gasteiger partial charge >= 0.3 is 5.97 Å². The number of esters is 1. The van der Waals surface area contributed by atoms with Gasteiger partial charge in [0.25, 0.3) is 5.91 Å². The van der Waals surface area contributed by atoms with E-state index in [9.17, 15) is 19.2 Å². The van der Waals surface area contributed by atoms with E-state index in [1.54, 1.807) is 68.3 Å². The van der Waals surface area contributed by atoms with Gasteiger partial charge in [-0.2, -0.15) is 0 Å². The van der Waals surface area contributed by atoms with Gasteiger partial charge in [0, 0.05) is 34.5 Å². The first-order valence-electron chi connectivity index (χ1n) is 12.8. The summed E-state index contributed by atoms with van der Waals surface area (Å²) in [6, 6.07) is 14.1. The SMILES string of the molecule is CCOC(=O)c1c(NC(=O)C(C)Sc2cccc(NC(=O)c3cccc(OC)c3)c2)sc2c1CCN(C(C)=O)C2. The molecule has 0 radical (unpaired) electrons. The first-order valence-corrected chi connectivity index (χ1v) is 14.5. The van der Waals surface area contributed by atoms with Crippen molar-refractivity contribution in [3.63, 3.8) is 0 Å². The highest BCUT2D eigenvalue weighted by Crippen LogP contribution is 2.38. The Hall–Kier alpha value is -3.83. The molecule has 3 aromatic rings. The Morgan fingerprint density at radius 1 is 1.10 bits per heavy atom. The monoisotopic (exact) mass is 581 g/mol. The van der Waals surface area contributed by atoms with Gasteiger partial charge < -0.3 is 25.0 Å². The number of ether oxygens (including phenoxy) is 2. The number of benzene rings is 2. The summed E-state index contributed by atoms with van der Waals surface area (Å²) in [5.41, 5.74) is 2.26. The van der Waals surface area contributed by atoms with E-state index in [-0.39, 0.29) is 24.3 Å². The zero-order chi connectivity index (χ0) is 28.8. The molecule has 210 valence electrons. The molecule has 0 aliphatic carbocycles. The molecule has 1 aliphatic rings. The second-order valence-corrected chi connectivity index (χ2v) is 11.6. The molecule has 0 saturated heterocycles. The van der Waals surface area contributed by atoms with Gasteiger partial charge in [-0.25, -0.2) is 4.79 Å². The molecule has 40 heavy (non-hydrogen) atoms. The van der Waals surface area contributed by atoms with Crippen molar-refractivity contribution in [2.45, 2.75) is 43.9 Å². The Morgan fingerprint density at radius 2 is 1.88 bits per heavy atom. The molecule has 9 nitrogen and oxygen atoms in total. The van der Waals surface area contributed by atoms with Crippen LogP contribution in [0.2, 0.25) is 0 Å². The standard InChI is InChI=1S/C29H31N3O6S2/c1-5-38-29(36)25-23-12-13-32(18(3)33)16-24(23)40-28(25)31-26(34)17(2)39-22-11-7-9-20(15-22)30-27(35)19-8-6-10-21(14-19)37-4/h6-11,14-15,17H,5,12-13,16H2,1-4H3,(H,30,35)(H,31,34). The number of carbonyl (C=O) groups excluding carboxylic acids is 4. The van der Waals surface area contributed by atoms with Gasteiger partial charge in [-0.3, -0.25) is 14.4 Å². The van der Waals surface area contributed by atoms with Crippen molar-refractivity contribution in [1.29, 1.82) is 0 Å². The van der Waals surface area contributed by atoms with Crippen molar-refractivity contribution in [3.05, 3.63) is 70.1 Å². The molecule has 2 N–H and O–H groups in total. The lowest BCUT2D eigenvalue weighted by Crippen LogP contribution is -2.34. The van der Waals surface area contributed by atoms with E-state index in [1.807, 2.05) is 6.07 Å². The third-order valence-electron chi connectivity index (χ3n) is 6.32. The van der Waals surface area contributed by atoms with Gasteiger partial charge in [-0.15, -0.1) is 23.1 Å². The van der Waals surface area contributed by atoms with Crippen molar-refractivity contribution in [3.8, 4) is 5.75 Å². The Kier molecular flexibility index (Phi) is 9.49. The number of hydrogen-bond donors (Lipinski definition) is 2. The number of thiophene rings is 1. The maximum atomic E-state index is 13.2. The molecule has 2 heterocycles. The summed E-state index contributed by atoms with van der Waals surface area (Å²) in [6.07, 6.45) is 0.522. The number of carbonyl (C=O) groups is 4. The lowest BCUT2D eigenvalue weighted by atomic mass is 10.0. The van der Waals surface area contributed by atoms with Crippen LogP contribution in [0.25, 0.3) is 0 Å². The van der Waals surface area contributed by atoms with Crippen molar-refractivity contribution >= 4 is 57.5 Å². The van der Waals surface area contributed by atoms with Crippen LogP contribution in [0.4, 0.5) is 10.7 Å². The van der Waals surface area contributed by atoms with E-state index in [1.165, 1.54) is 30.0 Å². The molecular formula is C29H31N3O6S2. The fraction of sp³-hybridized carbons (Fsp3) is 0.310. The zero-order valence-electron chi connectivity index (χ0n) is 22.7. The number of amides is 3. The fourth-order valence-corrected chi connectivity index (χ4v) is 6.45. The van der Waals surface area contributed by atoms with Crippen LogP contribution in [0, 0.1) is 0 Å². The van der Waals surface area contributed by atoms with Crippen LogP contribution in [0.5, 0.6) is 5.75 Å². The van der Waals surface area contributed by atoms with Gasteiger partial charge in [-0.1, -0.05) is 12.1 Å². The molecule has 2 aromatic carbocycles. The molecular weight excluding hydrogens is 550 g/mol. The first kappa shape index (κ1) is 29.2. The van der Waals surface area contributed by atoms with Crippen LogP contribution in [0.1, 0.15) is 51.9 Å². The molecule has 1 unspecified atom stereocenters. The van der Waals surface area contributed by atoms with Gasteiger partial charge in [0.05, 0.1) is 31.1 Å². The average Bonchev–Trinajstić information content (AvgIpc) is 3.30. The minimum Gasteiger partial charge on any atom is -0.497 e. The van der Waals surface area contributed by atoms with E-state index < -0.39 is 11.2 Å². The first-order chi connectivity index (χ1) is 19.2. The number of rotatable bonds is 9. The van der Waals surface area contributed by atoms with Crippen molar-refractivity contribution in [2.75, 3.05) is 30.9 Å². The van der Waals surface area contributed by atoms with Crippen LogP contribution in [0.3, 0.4) is 0 Å². The largest absolute Gasteiger partial charge is 0.497 e. The molecule has 0 saturated carbocycles. The Balaban J connectivity index is 1.46. The van der Waals surface area contributed by atoms with Gasteiger partial charge in [0.15, 0.2) is 0 Å². The summed E-state index contributed by atoms with van der Waals surface area (Å²) in [5.74, 6) is -0.474. The molecule has 0 bridgehead atoms. The Morgan fingerprint density at radius 3 is 2.60 bits per heavy atom. The number of fused-ring (bicyclic) bond motifs is 1. The van der Waals surface area contributed by atoms with E-state index in [0.717, 1.165) is 15.3 Å². The van der Waals surface area contributed by atoms with Crippen LogP contribution in [-0.4, -0.2) is 54.1 Å². The predicted molar refractivity (Wildman–Crippen MR) is 156 cm³/mol. The second-order valence-electron chi connectivity index (χ2n) is 9.08. The topological polar surface area (TPSA) is 114 Å². The van der Waals surface area contributed by atoms with Crippen LogP contribution in [0.15, 0.2) is 53.4 Å². The van der Waals surface area contributed by atoms with Crippen molar-refractivity contribution in [1.82, 2.24) is 4.90 Å². The number of nitrogens with zero attached hydrogens (tertiary/aromatic N) is 1. The quantitative estimate of drug-likeness (QED) is 0.263. The number of anilines is 2. The molecule has 3 amide bonds. The van der Waals surface area contributed by atoms with Gasteiger partial charge in [0.1, 0.15) is 10.8 Å². The summed E-state index contributed by atoms with van der Waals surface area (Å²) in [7, 11) is 1.54. The number of thioether (sulfide) groups is 1. The highest BCUT2D eigenvalue weighted by atomic mass is 32.2. The Labute approximate surface area is 241 Å². The minimum atomic E-state index is -0.507. The van der Waals surface area contributed by atoms with Gasteiger partial charge in [0.2, 0.25) is 11.8 Å². The number of hydrogen-bond acceptors (Lipinski definition) is 8. The minimum absolute atomic E-state index is 0.0331. The third-order valence-corrected chi connectivity index (χ3v) is 8.55. The lowest BCUT2D eigenvalue weighted by molar-refractivity contribution is -0.129. The molecule has 1 aromatic heterocycles. The highest BCUT2D eigenvalue weighted by Gasteiger charge is 2.31. The molecule has 11 heteroatoms. The third kappa shape index (κ3) is 6.83. The molecule has 0 fully saturated rings. The summed E-state index contributed by atoms with van der Waals surface area (Å²) in [4.78, 5) is 54.0. The summed E-state index contributed by atoms with van der Waals surface area (Å²) in [6.45, 7) is 6.15. The van der Waals surface area contributed by atoms with Crippen LogP contribution in [-0.2, 0) is 27.3 Å². The smallest absolute Gasteiger partial charge is 0.341 e. The normalized spacial score (nSPS) is 13.2. The molecule has 1 aliphatic heterocycles. The van der Waals surface area contributed by atoms with E-state index in [0.29, 0.717) is 47.1 Å². The maximum absolute atomic E-state index is 13.2. The maximum Gasteiger partial charge on any atom is 0.341 e. The van der Waals surface area contributed by atoms with Crippen molar-refractivity contribution < 1.29 is 28.7 Å². The van der Waals surface area contributed by atoms with Gasteiger partial charge in [-0.05, 0) is 62.2 Å². The number of methoxy groups -OCH3 is 1. The fourth-order valence-electron chi connectivity index (χ4n) is 4.27. The second kappa shape index (κ2) is 13.0. The zero-order valence-corrected chi connectivity index (χ0v) is 24.4. The highest BCUT2D eigenvalue weighted by molar-refractivity contribution is 8.00. The lowest BCUT2D eigenvalue weighted by Gasteiger charge is -2.25. The van der Waals surface area contributed by atoms with E-state index in [2.05, 4.69) is 10.6 Å². The van der Waals surface area contributed by atoms with E-state index >= 15 is 0 Å². The van der Waals surface area contributed by atoms with Crippen LogP contribution >= 0.6 is 23.1 Å². The molecule has 4 rings (SSSR count). The summed E-state index contributed by atoms with van der Waals surface area (Å²) < 4.78 is 10.5. The molecule has 1 atom stereocenters. The predicted octanol–water partition coefficient (Wildman–Crippen LogP) is 5.21. The Bertz CT molecular complexity index is 1440. The molecule has 0 spiro atoms. The number of nitrogens with one attached hydrogen (secondary N) is 2. The summed E-state index contributed by atoms with van der Waals surface area (Å²) in [5, 5.41) is 5.73. The summed E-state index contributed by atoms with van der Waals surface area (Å²) >= 11 is 2.64. The van der Waals surface area contributed by atoms with Crippen molar-refractivity contribution in [2.24, 2.45) is 0 Å². The average molecular weight is 582 g/mol. The van der Waals surface area contributed by atoms with Crippen LogP contribution < -0.4 is 15.4 Å².